The summed E-state index contributed by atoms with van der Waals surface area (Å²) in [5.74, 6) is -2.02. The molecule has 3 aromatic rings. The van der Waals surface area contributed by atoms with Crippen LogP contribution < -0.4 is 9.62 Å². The fourth-order valence-electron chi connectivity index (χ4n) is 5.05. The third kappa shape index (κ3) is 7.92. The van der Waals surface area contributed by atoms with Gasteiger partial charge >= 0.3 is 6.18 Å². The highest BCUT2D eigenvalue weighted by atomic mass is 32.2. The maximum Gasteiger partial charge on any atom is 0.416 e. The number of carbonyl (C=O) groups is 2. The second-order valence-corrected chi connectivity index (χ2v) is 12.4. The number of nitrogens with zero attached hydrogens (tertiary/aromatic N) is 2. The quantitative estimate of drug-likeness (QED) is 0.286. The Kier molecular flexibility index (Phi) is 10.1. The molecule has 1 aliphatic rings. The molecule has 1 saturated carbocycles. The van der Waals surface area contributed by atoms with E-state index in [4.69, 9.17) is 0 Å². The molecule has 0 spiro atoms. The lowest BCUT2D eigenvalue weighted by Gasteiger charge is -2.33. The van der Waals surface area contributed by atoms with Crippen molar-refractivity contribution in [2.75, 3.05) is 10.8 Å². The first-order chi connectivity index (χ1) is 20.4. The van der Waals surface area contributed by atoms with E-state index >= 15 is 0 Å². The van der Waals surface area contributed by atoms with Crippen molar-refractivity contribution in [3.63, 3.8) is 0 Å². The molecule has 1 atom stereocenters. The van der Waals surface area contributed by atoms with E-state index in [1.165, 1.54) is 49.4 Å². The van der Waals surface area contributed by atoms with Gasteiger partial charge in [0.2, 0.25) is 11.8 Å². The summed E-state index contributed by atoms with van der Waals surface area (Å²) in [5.41, 5.74) is -1.41. The Morgan fingerprint density at radius 2 is 1.58 bits per heavy atom. The number of hydrogen-bond acceptors (Lipinski definition) is 4. The summed E-state index contributed by atoms with van der Waals surface area (Å²) in [7, 11) is -4.55. The molecule has 4 rings (SSSR count). The summed E-state index contributed by atoms with van der Waals surface area (Å²) in [5, 5.41) is 2.94. The normalized spacial score (nSPS) is 15.0. The van der Waals surface area contributed by atoms with Gasteiger partial charge in [-0.3, -0.25) is 13.9 Å². The molecule has 0 heterocycles. The number of benzene rings is 3. The first kappa shape index (κ1) is 32.0. The molecular formula is C31H33F4N3O4S. The number of hydrogen-bond donors (Lipinski definition) is 1. The molecule has 0 bridgehead atoms. The summed E-state index contributed by atoms with van der Waals surface area (Å²) in [4.78, 5) is 28.0. The van der Waals surface area contributed by atoms with Crippen LogP contribution in [0.25, 0.3) is 0 Å². The van der Waals surface area contributed by atoms with Gasteiger partial charge in [0.05, 0.1) is 16.1 Å². The molecular weight excluding hydrogens is 586 g/mol. The molecule has 230 valence electrons. The maximum absolute atomic E-state index is 14.7. The number of amides is 2. The van der Waals surface area contributed by atoms with Gasteiger partial charge in [0, 0.05) is 18.2 Å². The number of sulfonamides is 1. The van der Waals surface area contributed by atoms with E-state index in [-0.39, 0.29) is 23.0 Å². The van der Waals surface area contributed by atoms with Gasteiger partial charge in [-0.25, -0.2) is 12.8 Å². The van der Waals surface area contributed by atoms with Crippen LogP contribution in [0.3, 0.4) is 0 Å². The van der Waals surface area contributed by atoms with Gasteiger partial charge in [0.25, 0.3) is 10.0 Å². The lowest BCUT2D eigenvalue weighted by molar-refractivity contribution is -0.139. The highest BCUT2D eigenvalue weighted by Gasteiger charge is 2.35. The minimum atomic E-state index is -4.77. The molecule has 0 saturated heterocycles. The monoisotopic (exact) mass is 619 g/mol. The molecule has 0 aromatic heterocycles. The van der Waals surface area contributed by atoms with Crippen LogP contribution in [0.2, 0.25) is 0 Å². The first-order valence-electron chi connectivity index (χ1n) is 14.0. The van der Waals surface area contributed by atoms with Crippen molar-refractivity contribution in [1.29, 1.82) is 0 Å². The number of rotatable bonds is 10. The Morgan fingerprint density at radius 1 is 0.930 bits per heavy atom. The zero-order valence-corrected chi connectivity index (χ0v) is 24.4. The fraction of sp³-hybridized carbons (Fsp3) is 0.355. The zero-order valence-electron chi connectivity index (χ0n) is 23.6. The molecule has 1 N–H and O–H groups in total. The van der Waals surface area contributed by atoms with Crippen LogP contribution in [0.4, 0.5) is 23.2 Å². The summed E-state index contributed by atoms with van der Waals surface area (Å²) in [6.45, 7) is 0.151. The van der Waals surface area contributed by atoms with Crippen molar-refractivity contribution in [2.45, 2.75) is 68.7 Å². The molecule has 3 aromatic carbocycles. The second-order valence-electron chi connectivity index (χ2n) is 10.5. The van der Waals surface area contributed by atoms with Gasteiger partial charge in [0.15, 0.2) is 0 Å². The standard InChI is InChI=1S/C31H33F4N3O4S/c1-22(30(40)36-25-13-4-2-5-14-25)37(20-23-11-8-9-18-28(23)32)29(39)21-38(43(41,42)27-16-6-3-7-17-27)26-15-10-12-24(19-26)31(33,34)35/h3,6-12,15-19,22,25H,2,4-5,13-14,20-21H2,1H3,(H,36,40)/t22-/m1/s1. The van der Waals surface area contributed by atoms with Crippen molar-refractivity contribution in [2.24, 2.45) is 0 Å². The van der Waals surface area contributed by atoms with E-state index in [1.54, 1.807) is 12.1 Å². The largest absolute Gasteiger partial charge is 0.416 e. The maximum atomic E-state index is 14.7. The minimum Gasteiger partial charge on any atom is -0.352 e. The van der Waals surface area contributed by atoms with E-state index in [2.05, 4.69) is 5.32 Å². The van der Waals surface area contributed by atoms with Crippen molar-refractivity contribution < 1.29 is 35.6 Å². The third-order valence-electron chi connectivity index (χ3n) is 7.49. The lowest BCUT2D eigenvalue weighted by atomic mass is 9.95. The van der Waals surface area contributed by atoms with Crippen LogP contribution >= 0.6 is 0 Å². The minimum absolute atomic E-state index is 0.0877. The fourth-order valence-corrected chi connectivity index (χ4v) is 6.47. The van der Waals surface area contributed by atoms with Crippen LogP contribution in [-0.4, -0.2) is 43.8 Å². The van der Waals surface area contributed by atoms with E-state index < -0.39 is 57.7 Å². The van der Waals surface area contributed by atoms with Gasteiger partial charge in [-0.15, -0.1) is 0 Å². The molecule has 12 heteroatoms. The third-order valence-corrected chi connectivity index (χ3v) is 9.28. The highest BCUT2D eigenvalue weighted by Crippen LogP contribution is 2.33. The van der Waals surface area contributed by atoms with E-state index in [9.17, 15) is 35.6 Å². The predicted molar refractivity (Wildman–Crippen MR) is 154 cm³/mol. The summed E-state index contributed by atoms with van der Waals surface area (Å²) in [6.07, 6.45) is -0.274. The molecule has 0 radical (unpaired) electrons. The van der Waals surface area contributed by atoms with Crippen molar-refractivity contribution in [3.05, 3.63) is 95.8 Å². The predicted octanol–water partition coefficient (Wildman–Crippen LogP) is 5.91. The van der Waals surface area contributed by atoms with E-state index in [0.29, 0.717) is 10.4 Å². The van der Waals surface area contributed by atoms with Gasteiger partial charge in [-0.2, -0.15) is 13.2 Å². The Balaban J connectivity index is 1.72. The topological polar surface area (TPSA) is 86.8 Å². The number of alkyl halides is 3. The SMILES string of the molecule is C[C@H](C(=O)NC1CCCCC1)N(Cc1ccccc1F)C(=O)CN(c1cccc(C(F)(F)F)c1)S(=O)(=O)c1ccccc1. The van der Waals surface area contributed by atoms with Crippen LogP contribution in [0.5, 0.6) is 0 Å². The Morgan fingerprint density at radius 3 is 2.23 bits per heavy atom. The Labute approximate surface area is 248 Å². The Bertz CT molecular complexity index is 1530. The molecule has 0 aliphatic heterocycles. The number of halogens is 4. The average Bonchev–Trinajstić information content (AvgIpc) is 2.99. The van der Waals surface area contributed by atoms with Crippen molar-refractivity contribution in [3.8, 4) is 0 Å². The van der Waals surface area contributed by atoms with Crippen LogP contribution in [0, 0.1) is 5.82 Å². The average molecular weight is 620 g/mol. The van der Waals surface area contributed by atoms with Crippen LogP contribution in [0.1, 0.15) is 50.2 Å². The first-order valence-corrected chi connectivity index (χ1v) is 15.4. The smallest absolute Gasteiger partial charge is 0.352 e. The van der Waals surface area contributed by atoms with Crippen LogP contribution in [0.15, 0.2) is 83.8 Å². The molecule has 43 heavy (non-hydrogen) atoms. The highest BCUT2D eigenvalue weighted by molar-refractivity contribution is 7.92. The van der Waals surface area contributed by atoms with E-state index in [1.807, 2.05) is 0 Å². The summed E-state index contributed by atoms with van der Waals surface area (Å²) in [6, 6.07) is 15.1. The molecule has 0 unspecified atom stereocenters. The molecule has 1 aliphatic carbocycles. The zero-order chi connectivity index (χ0) is 31.2. The van der Waals surface area contributed by atoms with Gasteiger partial charge in [-0.05, 0) is 56.2 Å². The van der Waals surface area contributed by atoms with Crippen molar-refractivity contribution in [1.82, 2.24) is 10.2 Å². The van der Waals surface area contributed by atoms with Gasteiger partial charge in [-0.1, -0.05) is 61.7 Å². The Hall–Kier alpha value is -3.93. The van der Waals surface area contributed by atoms with Crippen LogP contribution in [-0.2, 0) is 32.3 Å². The number of carbonyl (C=O) groups excluding carboxylic acids is 2. The molecule has 7 nitrogen and oxygen atoms in total. The molecule has 1 fully saturated rings. The number of anilines is 1. The second kappa shape index (κ2) is 13.6. The summed E-state index contributed by atoms with van der Waals surface area (Å²) >= 11 is 0. The van der Waals surface area contributed by atoms with Gasteiger partial charge in [0.1, 0.15) is 18.4 Å². The summed E-state index contributed by atoms with van der Waals surface area (Å²) < 4.78 is 83.6. The lowest BCUT2D eigenvalue weighted by Crippen LogP contribution is -2.53. The van der Waals surface area contributed by atoms with E-state index in [0.717, 1.165) is 55.2 Å². The number of nitrogens with one attached hydrogen (secondary N) is 1. The molecule has 2 amide bonds. The van der Waals surface area contributed by atoms with Crippen molar-refractivity contribution >= 4 is 27.5 Å². The van der Waals surface area contributed by atoms with Gasteiger partial charge < -0.3 is 10.2 Å².